The van der Waals surface area contributed by atoms with Crippen LogP contribution in [0.15, 0.2) is 42.6 Å². The largest absolute Gasteiger partial charge is 0.350 e. The Balaban J connectivity index is 1.41. The van der Waals surface area contributed by atoms with Gasteiger partial charge in [-0.1, -0.05) is 18.2 Å². The molecule has 1 aliphatic rings. The van der Waals surface area contributed by atoms with E-state index < -0.39 is 0 Å². The summed E-state index contributed by atoms with van der Waals surface area (Å²) in [4.78, 5) is 31.5. The summed E-state index contributed by atoms with van der Waals surface area (Å²) >= 11 is 0. The fourth-order valence-electron chi connectivity index (χ4n) is 3.19. The number of nitrogens with zero attached hydrogens (tertiary/aromatic N) is 3. The summed E-state index contributed by atoms with van der Waals surface area (Å²) in [6.07, 6.45) is 3.69. The van der Waals surface area contributed by atoms with E-state index in [1.807, 2.05) is 36.1 Å². The monoisotopic (exact) mass is 363 g/mol. The molecule has 0 aliphatic heterocycles. The maximum absolute atomic E-state index is 12.8. The van der Waals surface area contributed by atoms with Crippen LogP contribution in [0.5, 0.6) is 0 Å². The Bertz CT molecular complexity index is 993. The summed E-state index contributed by atoms with van der Waals surface area (Å²) in [6.45, 7) is 2.72. The van der Waals surface area contributed by atoms with E-state index in [1.165, 1.54) is 0 Å². The van der Waals surface area contributed by atoms with Gasteiger partial charge in [0.25, 0.3) is 11.8 Å². The van der Waals surface area contributed by atoms with E-state index in [4.69, 9.17) is 0 Å². The molecule has 2 amide bonds. The zero-order valence-corrected chi connectivity index (χ0v) is 15.1. The highest BCUT2D eigenvalue weighted by Crippen LogP contribution is 2.27. The van der Waals surface area contributed by atoms with Gasteiger partial charge in [-0.3, -0.25) is 14.7 Å². The SMILES string of the molecule is Cc1cccc(C(=O)N(CCNC(=O)c2cccc3cn[nH]c23)C2CC2)n1. The van der Waals surface area contributed by atoms with Crippen LogP contribution in [-0.2, 0) is 0 Å². The lowest BCUT2D eigenvalue weighted by molar-refractivity contribution is 0.0730. The first-order valence-electron chi connectivity index (χ1n) is 9.08. The number of rotatable bonds is 6. The lowest BCUT2D eigenvalue weighted by Gasteiger charge is -2.22. The molecule has 0 saturated heterocycles. The maximum Gasteiger partial charge on any atom is 0.272 e. The number of aromatic amines is 1. The highest BCUT2D eigenvalue weighted by atomic mass is 16.2. The van der Waals surface area contributed by atoms with E-state index in [0.717, 1.165) is 23.9 Å². The van der Waals surface area contributed by atoms with E-state index in [9.17, 15) is 9.59 Å². The minimum Gasteiger partial charge on any atom is -0.350 e. The van der Waals surface area contributed by atoms with Gasteiger partial charge in [-0.2, -0.15) is 5.10 Å². The van der Waals surface area contributed by atoms with E-state index in [0.29, 0.717) is 29.9 Å². The summed E-state index contributed by atoms with van der Waals surface area (Å²) in [6, 6.07) is 11.2. The fraction of sp³-hybridized carbons (Fsp3) is 0.300. The Morgan fingerprint density at radius 3 is 2.81 bits per heavy atom. The van der Waals surface area contributed by atoms with Gasteiger partial charge in [0.2, 0.25) is 0 Å². The van der Waals surface area contributed by atoms with Crippen LogP contribution in [-0.4, -0.2) is 51.0 Å². The van der Waals surface area contributed by atoms with Gasteiger partial charge in [-0.25, -0.2) is 4.98 Å². The van der Waals surface area contributed by atoms with Crippen molar-refractivity contribution >= 4 is 22.7 Å². The Morgan fingerprint density at radius 1 is 1.22 bits per heavy atom. The predicted molar refractivity (Wildman–Crippen MR) is 101 cm³/mol. The fourth-order valence-corrected chi connectivity index (χ4v) is 3.19. The first-order chi connectivity index (χ1) is 13.1. The zero-order chi connectivity index (χ0) is 18.8. The highest BCUT2D eigenvalue weighted by Gasteiger charge is 2.33. The molecule has 1 fully saturated rings. The van der Waals surface area contributed by atoms with Crippen molar-refractivity contribution < 1.29 is 9.59 Å². The van der Waals surface area contributed by atoms with Gasteiger partial charge >= 0.3 is 0 Å². The first kappa shape index (κ1) is 17.2. The molecule has 4 rings (SSSR count). The number of carbonyl (C=O) groups excluding carboxylic acids is 2. The molecule has 2 heterocycles. The third-order valence-electron chi connectivity index (χ3n) is 4.72. The maximum atomic E-state index is 12.8. The second-order valence-corrected chi connectivity index (χ2v) is 6.79. The minimum absolute atomic E-state index is 0.0777. The number of fused-ring (bicyclic) bond motifs is 1. The van der Waals surface area contributed by atoms with Crippen molar-refractivity contribution in [2.75, 3.05) is 13.1 Å². The smallest absolute Gasteiger partial charge is 0.272 e. The molecule has 138 valence electrons. The van der Waals surface area contributed by atoms with E-state index in [2.05, 4.69) is 20.5 Å². The number of nitrogens with one attached hydrogen (secondary N) is 2. The number of H-pyrrole nitrogens is 1. The number of amides is 2. The lowest BCUT2D eigenvalue weighted by atomic mass is 10.1. The van der Waals surface area contributed by atoms with Crippen molar-refractivity contribution in [2.24, 2.45) is 0 Å². The van der Waals surface area contributed by atoms with Crippen LogP contribution in [0, 0.1) is 6.92 Å². The number of pyridine rings is 1. The van der Waals surface area contributed by atoms with Crippen LogP contribution < -0.4 is 5.32 Å². The number of aromatic nitrogens is 3. The van der Waals surface area contributed by atoms with E-state index in [1.54, 1.807) is 18.3 Å². The van der Waals surface area contributed by atoms with Gasteiger partial charge in [0, 0.05) is 30.2 Å². The van der Waals surface area contributed by atoms with Crippen LogP contribution in [0.4, 0.5) is 0 Å². The molecule has 0 spiro atoms. The third kappa shape index (κ3) is 3.67. The van der Waals surface area contributed by atoms with Gasteiger partial charge in [0.15, 0.2) is 0 Å². The molecule has 2 aromatic heterocycles. The Hall–Kier alpha value is -3.22. The summed E-state index contributed by atoms with van der Waals surface area (Å²) in [7, 11) is 0. The number of carbonyl (C=O) groups is 2. The normalized spacial score (nSPS) is 13.5. The molecule has 0 atom stereocenters. The Morgan fingerprint density at radius 2 is 2.04 bits per heavy atom. The van der Waals surface area contributed by atoms with E-state index in [-0.39, 0.29) is 17.9 Å². The highest BCUT2D eigenvalue weighted by molar-refractivity contribution is 6.05. The molecule has 2 N–H and O–H groups in total. The van der Waals surface area contributed by atoms with Crippen LogP contribution in [0.1, 0.15) is 39.4 Å². The Labute approximate surface area is 156 Å². The third-order valence-corrected chi connectivity index (χ3v) is 4.72. The molecule has 0 bridgehead atoms. The molecule has 1 aromatic carbocycles. The molecule has 27 heavy (non-hydrogen) atoms. The number of aryl methyl sites for hydroxylation is 1. The van der Waals surface area contributed by atoms with Gasteiger partial charge in [-0.05, 0) is 38.0 Å². The summed E-state index contributed by atoms with van der Waals surface area (Å²) in [5.74, 6) is -0.257. The second kappa shape index (κ2) is 7.19. The number of para-hydroxylation sites is 1. The predicted octanol–water partition coefficient (Wildman–Crippen LogP) is 2.30. The van der Waals surface area contributed by atoms with Gasteiger partial charge in [0.05, 0.1) is 17.3 Å². The summed E-state index contributed by atoms with van der Waals surface area (Å²) in [5, 5.41) is 10.6. The van der Waals surface area contributed by atoms with Gasteiger partial charge in [0.1, 0.15) is 5.69 Å². The first-order valence-corrected chi connectivity index (χ1v) is 9.08. The topological polar surface area (TPSA) is 91.0 Å². The Kier molecular flexibility index (Phi) is 4.58. The summed E-state index contributed by atoms with van der Waals surface area (Å²) in [5.41, 5.74) is 2.54. The molecule has 3 aromatic rings. The molecule has 0 unspecified atom stereocenters. The minimum atomic E-state index is -0.179. The average molecular weight is 363 g/mol. The molecule has 7 heteroatoms. The molecule has 1 saturated carbocycles. The van der Waals surface area contributed by atoms with Crippen LogP contribution in [0.25, 0.3) is 10.9 Å². The zero-order valence-electron chi connectivity index (χ0n) is 15.1. The number of hydrogen-bond donors (Lipinski definition) is 2. The van der Waals surface area contributed by atoms with Crippen molar-refractivity contribution in [3.05, 3.63) is 59.5 Å². The van der Waals surface area contributed by atoms with E-state index >= 15 is 0 Å². The van der Waals surface area contributed by atoms with Gasteiger partial charge < -0.3 is 10.2 Å². The quantitative estimate of drug-likeness (QED) is 0.703. The molecule has 1 aliphatic carbocycles. The van der Waals surface area contributed by atoms with Crippen molar-refractivity contribution in [1.29, 1.82) is 0 Å². The average Bonchev–Trinajstić information content (AvgIpc) is 3.39. The molecular formula is C20H21N5O2. The van der Waals surface area contributed by atoms with Crippen molar-refractivity contribution in [1.82, 2.24) is 25.4 Å². The summed E-state index contributed by atoms with van der Waals surface area (Å²) < 4.78 is 0. The van der Waals surface area contributed by atoms with Crippen LogP contribution in [0.2, 0.25) is 0 Å². The molecule has 7 nitrogen and oxygen atoms in total. The lowest BCUT2D eigenvalue weighted by Crippen LogP contribution is -2.40. The number of hydrogen-bond acceptors (Lipinski definition) is 4. The van der Waals surface area contributed by atoms with Crippen molar-refractivity contribution in [3.8, 4) is 0 Å². The van der Waals surface area contributed by atoms with Gasteiger partial charge in [-0.15, -0.1) is 0 Å². The van der Waals surface area contributed by atoms with Crippen LogP contribution in [0.3, 0.4) is 0 Å². The van der Waals surface area contributed by atoms with Crippen molar-refractivity contribution in [3.63, 3.8) is 0 Å². The molecular weight excluding hydrogens is 342 g/mol. The molecule has 0 radical (unpaired) electrons. The number of benzene rings is 1. The van der Waals surface area contributed by atoms with Crippen LogP contribution >= 0.6 is 0 Å². The standard InChI is InChI=1S/C20H21N5O2/c1-13-4-2-7-17(23-13)20(27)25(15-8-9-15)11-10-21-19(26)16-6-3-5-14-12-22-24-18(14)16/h2-7,12,15H,8-11H2,1H3,(H,21,26)(H,22,24). The van der Waals surface area contributed by atoms with Crippen molar-refractivity contribution in [2.45, 2.75) is 25.8 Å². The second-order valence-electron chi connectivity index (χ2n) is 6.79.